The highest BCUT2D eigenvalue weighted by atomic mass is 16.5. The second-order valence-electron chi connectivity index (χ2n) is 9.67. The number of hydrogen-bond donors (Lipinski definition) is 0. The van der Waals surface area contributed by atoms with Gasteiger partial charge in [0.25, 0.3) is 0 Å². The SMILES string of the molecule is C=C(/C=C\C(=C)OCC(C)CC)CCC(=O)OC1CCCCC1.CCC(C)COc1ccccc1. The van der Waals surface area contributed by atoms with Crippen molar-refractivity contribution in [2.75, 3.05) is 13.2 Å². The summed E-state index contributed by atoms with van der Waals surface area (Å²) in [7, 11) is 0. The van der Waals surface area contributed by atoms with Gasteiger partial charge >= 0.3 is 5.97 Å². The predicted octanol–water partition coefficient (Wildman–Crippen LogP) is 8.44. The molecule has 1 saturated carbocycles. The van der Waals surface area contributed by atoms with Crippen LogP contribution in [0.4, 0.5) is 0 Å². The van der Waals surface area contributed by atoms with Crippen molar-refractivity contribution < 1.29 is 19.0 Å². The zero-order chi connectivity index (χ0) is 25.9. The molecule has 1 aromatic rings. The van der Waals surface area contributed by atoms with E-state index in [0.717, 1.165) is 37.2 Å². The molecule has 0 bridgehead atoms. The maximum Gasteiger partial charge on any atom is 0.306 e. The fourth-order valence-electron chi connectivity index (χ4n) is 3.27. The molecule has 196 valence electrons. The van der Waals surface area contributed by atoms with E-state index in [1.807, 2.05) is 42.5 Å². The second-order valence-corrected chi connectivity index (χ2v) is 9.67. The number of para-hydroxylation sites is 1. The molecule has 1 fully saturated rings. The first-order valence-corrected chi connectivity index (χ1v) is 13.4. The Labute approximate surface area is 214 Å². The Bertz CT molecular complexity index is 747. The summed E-state index contributed by atoms with van der Waals surface area (Å²) in [4.78, 5) is 11.8. The number of ether oxygens (including phenoxy) is 3. The summed E-state index contributed by atoms with van der Waals surface area (Å²) >= 11 is 0. The summed E-state index contributed by atoms with van der Waals surface area (Å²) in [6.07, 6.45) is 12.7. The average Bonchev–Trinajstić information content (AvgIpc) is 2.89. The molecule has 0 aliphatic heterocycles. The Kier molecular flexibility index (Phi) is 16.4. The van der Waals surface area contributed by atoms with Crippen LogP contribution >= 0.6 is 0 Å². The number of rotatable bonds is 14. The van der Waals surface area contributed by atoms with Crippen molar-refractivity contribution in [2.45, 2.75) is 91.6 Å². The topological polar surface area (TPSA) is 44.8 Å². The van der Waals surface area contributed by atoms with Gasteiger partial charge in [0.15, 0.2) is 0 Å². The monoisotopic (exact) mass is 484 g/mol. The number of esters is 1. The van der Waals surface area contributed by atoms with Crippen LogP contribution in [0.3, 0.4) is 0 Å². The van der Waals surface area contributed by atoms with Crippen LogP contribution in [0.5, 0.6) is 5.75 Å². The number of hydrogen-bond acceptors (Lipinski definition) is 4. The summed E-state index contributed by atoms with van der Waals surface area (Å²) in [6.45, 7) is 18.0. The van der Waals surface area contributed by atoms with Crippen LogP contribution in [0.1, 0.15) is 85.5 Å². The molecule has 0 amide bonds. The van der Waals surface area contributed by atoms with Crippen LogP contribution in [0.15, 0.2) is 67.0 Å². The number of carbonyl (C=O) groups excluding carboxylic acids is 1. The van der Waals surface area contributed by atoms with Gasteiger partial charge in [-0.15, -0.1) is 0 Å². The Hall–Kier alpha value is -2.49. The van der Waals surface area contributed by atoms with Crippen molar-refractivity contribution in [3.63, 3.8) is 0 Å². The lowest BCUT2D eigenvalue weighted by atomic mass is 9.98. The molecular weight excluding hydrogens is 436 g/mol. The molecule has 1 aromatic carbocycles. The molecule has 0 saturated heterocycles. The third-order valence-electron chi connectivity index (χ3n) is 6.23. The minimum Gasteiger partial charge on any atom is -0.494 e. The van der Waals surface area contributed by atoms with Gasteiger partial charge in [-0.25, -0.2) is 0 Å². The zero-order valence-corrected chi connectivity index (χ0v) is 22.6. The van der Waals surface area contributed by atoms with E-state index in [1.165, 1.54) is 25.7 Å². The Morgan fingerprint density at radius 1 is 0.943 bits per heavy atom. The van der Waals surface area contributed by atoms with Crippen LogP contribution in [0.25, 0.3) is 0 Å². The van der Waals surface area contributed by atoms with Gasteiger partial charge < -0.3 is 14.2 Å². The quantitative estimate of drug-likeness (QED) is 0.151. The zero-order valence-electron chi connectivity index (χ0n) is 22.6. The van der Waals surface area contributed by atoms with E-state index >= 15 is 0 Å². The molecule has 4 heteroatoms. The molecule has 1 aliphatic rings. The van der Waals surface area contributed by atoms with E-state index in [4.69, 9.17) is 14.2 Å². The van der Waals surface area contributed by atoms with Crippen LogP contribution < -0.4 is 4.74 Å². The standard InChI is InChI=1S/C20H32O3.C11H16O/c1-5-16(2)15-22-18(4)13-11-17(3)12-14-20(21)23-19-9-7-6-8-10-19;1-3-10(2)9-12-11-7-5-4-6-8-11/h11,13,16,19H,3-10,12,14-15H2,1-2H3;4-8,10H,3,9H2,1-2H3/b13-11-;. The van der Waals surface area contributed by atoms with E-state index in [0.29, 0.717) is 37.0 Å². The minimum atomic E-state index is -0.113. The van der Waals surface area contributed by atoms with E-state index in [1.54, 1.807) is 0 Å². The number of allylic oxidation sites excluding steroid dienone is 3. The molecule has 4 nitrogen and oxygen atoms in total. The Morgan fingerprint density at radius 3 is 2.20 bits per heavy atom. The van der Waals surface area contributed by atoms with Crippen molar-refractivity contribution in [1.29, 1.82) is 0 Å². The normalized spacial score (nSPS) is 15.4. The van der Waals surface area contributed by atoms with Crippen LogP contribution in [-0.4, -0.2) is 25.3 Å². The summed E-state index contributed by atoms with van der Waals surface area (Å²) in [5.41, 5.74) is 0.888. The lowest BCUT2D eigenvalue weighted by Crippen LogP contribution is -2.20. The van der Waals surface area contributed by atoms with Crippen molar-refractivity contribution in [1.82, 2.24) is 0 Å². The fraction of sp³-hybridized carbons (Fsp3) is 0.581. The van der Waals surface area contributed by atoms with Crippen LogP contribution in [0, 0.1) is 11.8 Å². The summed E-state index contributed by atoms with van der Waals surface area (Å²) in [6, 6.07) is 9.96. The van der Waals surface area contributed by atoms with E-state index < -0.39 is 0 Å². The van der Waals surface area contributed by atoms with E-state index in [2.05, 4.69) is 40.9 Å². The first-order valence-electron chi connectivity index (χ1n) is 13.4. The summed E-state index contributed by atoms with van der Waals surface area (Å²) < 4.78 is 16.6. The third-order valence-corrected chi connectivity index (χ3v) is 6.23. The predicted molar refractivity (Wildman–Crippen MR) is 146 cm³/mol. The van der Waals surface area contributed by atoms with Gasteiger partial charge in [-0.05, 0) is 62.1 Å². The van der Waals surface area contributed by atoms with Gasteiger partial charge in [0.1, 0.15) is 17.6 Å². The maximum atomic E-state index is 11.8. The molecule has 2 unspecified atom stereocenters. The molecule has 2 rings (SSSR count). The molecule has 0 radical (unpaired) electrons. The second kappa shape index (κ2) is 18.8. The maximum absolute atomic E-state index is 11.8. The largest absolute Gasteiger partial charge is 0.494 e. The summed E-state index contributed by atoms with van der Waals surface area (Å²) in [5, 5.41) is 0. The van der Waals surface area contributed by atoms with Crippen LogP contribution in [0.2, 0.25) is 0 Å². The van der Waals surface area contributed by atoms with Gasteiger partial charge in [0.05, 0.1) is 13.2 Å². The minimum absolute atomic E-state index is 0.113. The van der Waals surface area contributed by atoms with E-state index in [9.17, 15) is 4.79 Å². The summed E-state index contributed by atoms with van der Waals surface area (Å²) in [5.74, 6) is 2.66. The molecule has 0 heterocycles. The first kappa shape index (κ1) is 30.5. The van der Waals surface area contributed by atoms with E-state index in [-0.39, 0.29) is 12.1 Å². The lowest BCUT2D eigenvalue weighted by Gasteiger charge is -2.21. The van der Waals surface area contributed by atoms with Crippen molar-refractivity contribution in [2.24, 2.45) is 11.8 Å². The lowest BCUT2D eigenvalue weighted by molar-refractivity contribution is -0.150. The van der Waals surface area contributed by atoms with Gasteiger partial charge in [0.2, 0.25) is 0 Å². The van der Waals surface area contributed by atoms with Crippen molar-refractivity contribution in [3.05, 3.63) is 67.0 Å². The Balaban J connectivity index is 0.000000427. The van der Waals surface area contributed by atoms with Gasteiger partial charge in [0, 0.05) is 6.42 Å². The molecule has 2 atom stereocenters. The smallest absolute Gasteiger partial charge is 0.306 e. The fourth-order valence-corrected chi connectivity index (χ4v) is 3.27. The van der Waals surface area contributed by atoms with Crippen molar-refractivity contribution >= 4 is 5.97 Å². The molecular formula is C31H48O4. The highest BCUT2D eigenvalue weighted by Gasteiger charge is 2.17. The van der Waals surface area contributed by atoms with Gasteiger partial charge in [-0.1, -0.05) is 90.0 Å². The third kappa shape index (κ3) is 15.9. The molecule has 35 heavy (non-hydrogen) atoms. The first-order chi connectivity index (χ1) is 16.8. The van der Waals surface area contributed by atoms with Crippen LogP contribution in [-0.2, 0) is 14.3 Å². The highest BCUT2D eigenvalue weighted by molar-refractivity contribution is 5.70. The molecule has 0 N–H and O–H groups in total. The van der Waals surface area contributed by atoms with Gasteiger partial charge in [-0.2, -0.15) is 0 Å². The van der Waals surface area contributed by atoms with Gasteiger partial charge in [-0.3, -0.25) is 4.79 Å². The molecule has 1 aliphatic carbocycles. The Morgan fingerprint density at radius 2 is 1.57 bits per heavy atom. The average molecular weight is 485 g/mol. The van der Waals surface area contributed by atoms with Crippen molar-refractivity contribution in [3.8, 4) is 5.75 Å². The highest BCUT2D eigenvalue weighted by Crippen LogP contribution is 2.21. The number of carbonyl (C=O) groups is 1. The molecule has 0 spiro atoms. The number of benzene rings is 1. The molecule has 0 aromatic heterocycles.